The molecule has 1 N–H and O–H groups in total. The molecule has 1 aromatic carbocycles. The lowest BCUT2D eigenvalue weighted by Gasteiger charge is -2.17. The minimum Gasteiger partial charge on any atom is -0.433 e. The molecular formula is C20H14ClF5N4O2. The molecule has 0 spiro atoms. The van der Waals surface area contributed by atoms with Crippen molar-refractivity contribution in [3.63, 3.8) is 0 Å². The molecule has 3 aromatic rings. The maximum Gasteiger partial charge on any atom is 0.416 e. The molecule has 1 amide bonds. The van der Waals surface area contributed by atoms with Crippen LogP contribution in [0.1, 0.15) is 34.6 Å². The molecule has 2 aromatic heterocycles. The Morgan fingerprint density at radius 3 is 2.44 bits per heavy atom. The molecule has 32 heavy (non-hydrogen) atoms. The van der Waals surface area contributed by atoms with Crippen LogP contribution in [0.5, 0.6) is 5.75 Å². The molecule has 1 unspecified atom stereocenters. The lowest BCUT2D eigenvalue weighted by molar-refractivity contribution is -0.137. The van der Waals surface area contributed by atoms with Crippen molar-refractivity contribution in [2.24, 2.45) is 0 Å². The van der Waals surface area contributed by atoms with Crippen LogP contribution in [0.25, 0.3) is 11.4 Å². The first-order chi connectivity index (χ1) is 15.0. The molecule has 0 saturated heterocycles. The van der Waals surface area contributed by atoms with E-state index < -0.39 is 30.3 Å². The molecule has 2 heterocycles. The van der Waals surface area contributed by atoms with Crippen LogP contribution in [-0.2, 0) is 6.18 Å². The summed E-state index contributed by atoms with van der Waals surface area (Å²) >= 11 is 5.74. The Morgan fingerprint density at radius 1 is 1.09 bits per heavy atom. The fourth-order valence-electron chi connectivity index (χ4n) is 2.79. The first-order valence-corrected chi connectivity index (χ1v) is 9.33. The van der Waals surface area contributed by atoms with Gasteiger partial charge >= 0.3 is 12.8 Å². The van der Waals surface area contributed by atoms with Gasteiger partial charge in [-0.25, -0.2) is 0 Å². The average Bonchev–Trinajstić information content (AvgIpc) is 2.72. The second-order valence-electron chi connectivity index (χ2n) is 6.47. The minimum absolute atomic E-state index is 0.156. The van der Waals surface area contributed by atoms with Gasteiger partial charge in [-0.2, -0.15) is 22.0 Å². The largest absolute Gasteiger partial charge is 0.433 e. The zero-order valence-corrected chi connectivity index (χ0v) is 17.0. The molecule has 1 atom stereocenters. The highest BCUT2D eigenvalue weighted by Crippen LogP contribution is 2.32. The third-order valence-electron chi connectivity index (χ3n) is 4.18. The van der Waals surface area contributed by atoms with E-state index in [0.29, 0.717) is 6.07 Å². The number of nitrogens with zero attached hydrogens (tertiary/aromatic N) is 3. The van der Waals surface area contributed by atoms with Gasteiger partial charge < -0.3 is 10.1 Å². The third-order valence-corrected chi connectivity index (χ3v) is 4.39. The summed E-state index contributed by atoms with van der Waals surface area (Å²) in [6.45, 7) is -1.45. The highest BCUT2D eigenvalue weighted by atomic mass is 35.5. The highest BCUT2D eigenvalue weighted by Gasteiger charge is 2.32. The monoisotopic (exact) mass is 472 g/mol. The van der Waals surface area contributed by atoms with Crippen LogP contribution in [0, 0.1) is 0 Å². The van der Waals surface area contributed by atoms with Gasteiger partial charge in [0.2, 0.25) is 0 Å². The third kappa shape index (κ3) is 5.67. The summed E-state index contributed by atoms with van der Waals surface area (Å²) in [5.74, 6) is -0.965. The van der Waals surface area contributed by atoms with Crippen molar-refractivity contribution in [2.75, 3.05) is 0 Å². The summed E-state index contributed by atoms with van der Waals surface area (Å²) in [5.41, 5.74) is -0.579. The molecule has 0 aliphatic heterocycles. The van der Waals surface area contributed by atoms with Gasteiger partial charge in [0.25, 0.3) is 5.91 Å². The Kier molecular flexibility index (Phi) is 6.87. The van der Waals surface area contributed by atoms with Crippen molar-refractivity contribution in [1.29, 1.82) is 0 Å². The molecule has 0 fully saturated rings. The van der Waals surface area contributed by atoms with Gasteiger partial charge in [0.1, 0.15) is 11.4 Å². The molecule has 0 radical (unpaired) electrons. The number of benzene rings is 1. The SMILES string of the molecule is CC(NC(=O)c1cc(Cl)cc(C(F)(F)F)c1)c1nccnc1-c1ccc(OC(F)F)cn1. The second-order valence-corrected chi connectivity index (χ2v) is 6.91. The van der Waals surface area contributed by atoms with Crippen LogP contribution in [0.4, 0.5) is 22.0 Å². The Labute approximate surface area is 183 Å². The smallest absolute Gasteiger partial charge is 0.416 e. The van der Waals surface area contributed by atoms with E-state index in [4.69, 9.17) is 11.6 Å². The molecule has 0 saturated carbocycles. The second kappa shape index (κ2) is 9.43. The Morgan fingerprint density at radius 2 is 1.81 bits per heavy atom. The summed E-state index contributed by atoms with van der Waals surface area (Å²) in [4.78, 5) is 24.9. The standard InChI is InChI=1S/C20H14ClF5N4O2/c1-10(30-18(31)11-6-12(20(24,25)26)8-13(21)7-11)16-17(28-5-4-27-16)15-3-2-14(9-29-15)32-19(22)23/h2-10,19H,1H3,(H,30,31). The number of amides is 1. The van der Waals surface area contributed by atoms with Gasteiger partial charge in [0.05, 0.1) is 29.2 Å². The minimum atomic E-state index is -4.67. The van der Waals surface area contributed by atoms with Gasteiger partial charge in [-0.05, 0) is 37.3 Å². The number of nitrogens with one attached hydrogen (secondary N) is 1. The van der Waals surface area contributed by atoms with Crippen molar-refractivity contribution < 1.29 is 31.5 Å². The first-order valence-electron chi connectivity index (χ1n) is 8.95. The maximum absolute atomic E-state index is 13.0. The van der Waals surface area contributed by atoms with Crippen LogP contribution in [0.15, 0.2) is 48.9 Å². The van der Waals surface area contributed by atoms with Crippen molar-refractivity contribution in [2.45, 2.75) is 25.8 Å². The number of carbonyl (C=O) groups is 1. The lowest BCUT2D eigenvalue weighted by atomic mass is 10.1. The number of pyridine rings is 1. The van der Waals surface area contributed by atoms with E-state index >= 15 is 0 Å². The molecule has 3 rings (SSSR count). The Balaban J connectivity index is 1.84. The fraction of sp³-hybridized carbons (Fsp3) is 0.200. The zero-order valence-electron chi connectivity index (χ0n) is 16.2. The van der Waals surface area contributed by atoms with Gasteiger partial charge in [0, 0.05) is 23.0 Å². The molecule has 6 nitrogen and oxygen atoms in total. The molecular weight excluding hydrogens is 459 g/mol. The van der Waals surface area contributed by atoms with E-state index in [1.165, 1.54) is 24.5 Å². The van der Waals surface area contributed by atoms with E-state index in [2.05, 4.69) is 25.0 Å². The predicted octanol–water partition coefficient (Wildman–Crippen LogP) is 5.30. The van der Waals surface area contributed by atoms with Crippen LogP contribution >= 0.6 is 11.6 Å². The van der Waals surface area contributed by atoms with Gasteiger partial charge in [-0.1, -0.05) is 11.6 Å². The van der Waals surface area contributed by atoms with Crippen LogP contribution < -0.4 is 10.1 Å². The molecule has 0 aliphatic carbocycles. The lowest BCUT2D eigenvalue weighted by Crippen LogP contribution is -2.28. The number of halogens is 6. The highest BCUT2D eigenvalue weighted by molar-refractivity contribution is 6.31. The van der Waals surface area contributed by atoms with Crippen molar-refractivity contribution in [3.8, 4) is 17.1 Å². The summed E-state index contributed by atoms with van der Waals surface area (Å²) in [6.07, 6.45) is -0.870. The first kappa shape index (κ1) is 23.3. The topological polar surface area (TPSA) is 77.0 Å². The van der Waals surface area contributed by atoms with E-state index in [1.54, 1.807) is 6.92 Å². The predicted molar refractivity (Wildman–Crippen MR) is 104 cm³/mol. The number of hydrogen-bond acceptors (Lipinski definition) is 5. The molecule has 168 valence electrons. The van der Waals surface area contributed by atoms with E-state index in [0.717, 1.165) is 18.3 Å². The number of ether oxygens (including phenoxy) is 1. The molecule has 0 bridgehead atoms. The average molecular weight is 473 g/mol. The van der Waals surface area contributed by atoms with Gasteiger partial charge in [-0.15, -0.1) is 0 Å². The van der Waals surface area contributed by atoms with E-state index in [-0.39, 0.29) is 33.4 Å². The van der Waals surface area contributed by atoms with Gasteiger partial charge in [-0.3, -0.25) is 19.7 Å². The van der Waals surface area contributed by atoms with Crippen molar-refractivity contribution in [1.82, 2.24) is 20.3 Å². The number of hydrogen-bond donors (Lipinski definition) is 1. The zero-order chi connectivity index (χ0) is 23.5. The van der Waals surface area contributed by atoms with Crippen molar-refractivity contribution in [3.05, 3.63) is 70.8 Å². The van der Waals surface area contributed by atoms with E-state index in [1.807, 2.05) is 0 Å². The quantitative estimate of drug-likeness (QED) is 0.492. The summed E-state index contributed by atoms with van der Waals surface area (Å²) in [7, 11) is 0. The van der Waals surface area contributed by atoms with Crippen LogP contribution in [-0.4, -0.2) is 27.5 Å². The number of alkyl halides is 5. The van der Waals surface area contributed by atoms with E-state index in [9.17, 15) is 26.7 Å². The fourth-order valence-corrected chi connectivity index (χ4v) is 3.02. The van der Waals surface area contributed by atoms with Crippen LogP contribution in [0.3, 0.4) is 0 Å². The number of carbonyl (C=O) groups excluding carboxylic acids is 1. The molecule has 0 aliphatic rings. The Hall–Kier alpha value is -3.34. The number of aromatic nitrogens is 3. The normalized spacial score (nSPS) is 12.5. The van der Waals surface area contributed by atoms with Crippen molar-refractivity contribution >= 4 is 17.5 Å². The summed E-state index contributed by atoms with van der Waals surface area (Å²) in [6, 6.07) is 4.37. The Bertz CT molecular complexity index is 1110. The summed E-state index contributed by atoms with van der Waals surface area (Å²) in [5, 5.41) is 2.30. The van der Waals surface area contributed by atoms with Gasteiger partial charge in [0.15, 0.2) is 0 Å². The van der Waals surface area contributed by atoms with Crippen LogP contribution in [0.2, 0.25) is 5.02 Å². The number of rotatable bonds is 6. The summed E-state index contributed by atoms with van der Waals surface area (Å²) < 4.78 is 67.9. The maximum atomic E-state index is 13.0. The molecule has 12 heteroatoms.